The number of pyridine rings is 1. The van der Waals surface area contributed by atoms with Crippen molar-refractivity contribution in [3.8, 4) is 11.5 Å². The molecule has 0 aliphatic carbocycles. The molecule has 0 amide bonds. The van der Waals surface area contributed by atoms with Gasteiger partial charge in [0, 0.05) is 6.07 Å². The number of halogens is 2. The van der Waals surface area contributed by atoms with Crippen LogP contribution in [0.5, 0.6) is 11.5 Å². The number of aryl methyl sites for hydroxylation is 1. The highest BCUT2D eigenvalue weighted by Gasteiger charge is 2.11. The van der Waals surface area contributed by atoms with Crippen LogP contribution < -0.4 is 20.8 Å². The topological polar surface area (TPSA) is 78.8 Å². The Bertz CT molecular complexity index is 804. The van der Waals surface area contributed by atoms with Gasteiger partial charge in [0.05, 0.1) is 12.8 Å². The first-order valence-electron chi connectivity index (χ1n) is 7.16. The van der Waals surface area contributed by atoms with Crippen molar-refractivity contribution in [1.82, 2.24) is 4.68 Å². The Labute approximate surface area is 137 Å². The highest BCUT2D eigenvalue weighted by atomic mass is 19.3. The summed E-state index contributed by atoms with van der Waals surface area (Å²) in [4.78, 5) is 11.9. The minimum absolute atomic E-state index is 0.0731. The lowest BCUT2D eigenvalue weighted by atomic mass is 10.2. The van der Waals surface area contributed by atoms with Gasteiger partial charge in [-0.25, -0.2) is 0 Å². The summed E-state index contributed by atoms with van der Waals surface area (Å²) in [5, 5.41) is 4.02. The van der Waals surface area contributed by atoms with Crippen LogP contribution in [0.3, 0.4) is 0 Å². The lowest BCUT2D eigenvalue weighted by molar-refractivity contribution is -0.0514. The molecular weight excluding hydrogens is 320 g/mol. The van der Waals surface area contributed by atoms with Crippen molar-refractivity contribution in [2.45, 2.75) is 20.5 Å². The van der Waals surface area contributed by atoms with Gasteiger partial charge in [0.1, 0.15) is 5.82 Å². The number of aromatic nitrogens is 1. The Balaban J connectivity index is 2.33. The van der Waals surface area contributed by atoms with Crippen LogP contribution in [0.4, 0.5) is 14.6 Å². The molecule has 2 N–H and O–H groups in total. The first-order valence-corrected chi connectivity index (χ1v) is 7.16. The second-order valence-electron chi connectivity index (χ2n) is 4.87. The van der Waals surface area contributed by atoms with Crippen LogP contribution in [0.1, 0.15) is 18.1 Å². The summed E-state index contributed by atoms with van der Waals surface area (Å²) in [5.74, 6) is 0.279. The van der Waals surface area contributed by atoms with Crippen molar-refractivity contribution in [2.24, 2.45) is 5.10 Å². The zero-order valence-corrected chi connectivity index (χ0v) is 13.2. The van der Waals surface area contributed by atoms with Gasteiger partial charge >= 0.3 is 6.61 Å². The van der Waals surface area contributed by atoms with E-state index in [1.165, 1.54) is 30.5 Å². The van der Waals surface area contributed by atoms with Crippen LogP contribution >= 0.6 is 0 Å². The van der Waals surface area contributed by atoms with E-state index in [-0.39, 0.29) is 29.5 Å². The molecule has 2 aromatic rings. The molecule has 0 fully saturated rings. The van der Waals surface area contributed by atoms with Crippen LogP contribution in [0, 0.1) is 6.92 Å². The van der Waals surface area contributed by atoms with Crippen molar-refractivity contribution in [3.63, 3.8) is 0 Å². The average Bonchev–Trinajstić information content (AvgIpc) is 2.48. The Kier molecular flexibility index (Phi) is 5.51. The average molecular weight is 337 g/mol. The van der Waals surface area contributed by atoms with Crippen molar-refractivity contribution < 1.29 is 18.3 Å². The first-order chi connectivity index (χ1) is 11.4. The molecule has 8 heteroatoms. The van der Waals surface area contributed by atoms with Crippen LogP contribution in [0.2, 0.25) is 0 Å². The fourth-order valence-electron chi connectivity index (χ4n) is 2.03. The zero-order chi connectivity index (χ0) is 17.7. The van der Waals surface area contributed by atoms with E-state index >= 15 is 0 Å². The fraction of sp³-hybridized carbons (Fsp3) is 0.250. The SMILES string of the molecule is CCOc1cc(C=Nn2c(N)cc(C)cc2=O)ccc1OC(F)F. The van der Waals surface area contributed by atoms with E-state index in [2.05, 4.69) is 9.84 Å². The molecule has 2 rings (SSSR count). The third-order valence-electron chi connectivity index (χ3n) is 2.99. The van der Waals surface area contributed by atoms with Crippen LogP contribution in [-0.2, 0) is 0 Å². The lowest BCUT2D eigenvalue weighted by Gasteiger charge is -2.11. The lowest BCUT2D eigenvalue weighted by Crippen LogP contribution is -2.19. The minimum Gasteiger partial charge on any atom is -0.490 e. The maximum Gasteiger partial charge on any atom is 0.387 e. The van der Waals surface area contributed by atoms with Gasteiger partial charge in [0.25, 0.3) is 5.56 Å². The summed E-state index contributed by atoms with van der Waals surface area (Å²) in [6.45, 7) is 0.807. The molecule has 1 aromatic carbocycles. The Morgan fingerprint density at radius 1 is 1.29 bits per heavy atom. The predicted octanol–water partition coefficient (Wildman–Crippen LogP) is 2.62. The molecule has 0 aliphatic rings. The van der Waals surface area contributed by atoms with Crippen LogP contribution in [0.15, 0.2) is 40.2 Å². The Morgan fingerprint density at radius 3 is 2.67 bits per heavy atom. The molecular formula is C16H17F2N3O3. The number of nitrogen functional groups attached to an aromatic ring is 1. The van der Waals surface area contributed by atoms with Gasteiger partial charge < -0.3 is 15.2 Å². The molecule has 0 aliphatic heterocycles. The van der Waals surface area contributed by atoms with Gasteiger partial charge in [0.2, 0.25) is 0 Å². The summed E-state index contributed by atoms with van der Waals surface area (Å²) in [6, 6.07) is 7.36. The van der Waals surface area contributed by atoms with E-state index in [0.717, 1.165) is 10.2 Å². The number of benzene rings is 1. The van der Waals surface area contributed by atoms with E-state index < -0.39 is 6.61 Å². The maximum absolute atomic E-state index is 12.4. The summed E-state index contributed by atoms with van der Waals surface area (Å²) in [7, 11) is 0. The summed E-state index contributed by atoms with van der Waals surface area (Å²) >= 11 is 0. The summed E-state index contributed by atoms with van der Waals surface area (Å²) in [6.07, 6.45) is 1.38. The van der Waals surface area contributed by atoms with Gasteiger partial charge in [0.15, 0.2) is 11.5 Å². The number of anilines is 1. The third kappa shape index (κ3) is 4.31. The molecule has 128 valence electrons. The molecule has 0 unspecified atom stereocenters. The molecule has 0 bridgehead atoms. The number of ether oxygens (including phenoxy) is 2. The smallest absolute Gasteiger partial charge is 0.387 e. The molecule has 1 aromatic heterocycles. The fourth-order valence-corrected chi connectivity index (χ4v) is 2.03. The third-order valence-corrected chi connectivity index (χ3v) is 2.99. The second-order valence-corrected chi connectivity index (χ2v) is 4.87. The molecule has 0 atom stereocenters. The van der Waals surface area contributed by atoms with Crippen molar-refractivity contribution in [1.29, 1.82) is 0 Å². The molecule has 0 spiro atoms. The molecule has 1 heterocycles. The first kappa shape index (κ1) is 17.5. The van der Waals surface area contributed by atoms with Gasteiger partial charge in [-0.3, -0.25) is 4.79 Å². The Morgan fingerprint density at radius 2 is 2.04 bits per heavy atom. The summed E-state index contributed by atoms with van der Waals surface area (Å²) < 4.78 is 35.5. The number of alkyl halides is 2. The van der Waals surface area contributed by atoms with E-state index in [4.69, 9.17) is 10.5 Å². The van der Waals surface area contributed by atoms with Crippen LogP contribution in [-0.4, -0.2) is 24.1 Å². The van der Waals surface area contributed by atoms with E-state index in [9.17, 15) is 13.6 Å². The molecule has 0 saturated heterocycles. The number of nitrogens with zero attached hydrogens (tertiary/aromatic N) is 2. The number of nitrogens with two attached hydrogens (primary N) is 1. The maximum atomic E-state index is 12.4. The van der Waals surface area contributed by atoms with E-state index in [1.54, 1.807) is 19.9 Å². The molecule has 0 radical (unpaired) electrons. The van der Waals surface area contributed by atoms with Gasteiger partial charge in [-0.15, -0.1) is 0 Å². The zero-order valence-electron chi connectivity index (χ0n) is 13.2. The van der Waals surface area contributed by atoms with Crippen molar-refractivity contribution >= 4 is 12.0 Å². The standard InChI is InChI=1S/C16H17F2N3O3/c1-3-23-13-8-11(4-5-12(13)24-16(17)18)9-20-21-14(19)6-10(2)7-15(21)22/h4-9,16H,3,19H2,1-2H3. The van der Waals surface area contributed by atoms with E-state index in [1.807, 2.05) is 0 Å². The molecule has 24 heavy (non-hydrogen) atoms. The Hall–Kier alpha value is -2.90. The highest BCUT2D eigenvalue weighted by Crippen LogP contribution is 2.29. The summed E-state index contributed by atoms with van der Waals surface area (Å²) in [5.41, 5.74) is 6.66. The normalized spacial score (nSPS) is 11.2. The molecule has 6 nitrogen and oxygen atoms in total. The number of hydrogen-bond donors (Lipinski definition) is 1. The monoisotopic (exact) mass is 337 g/mol. The van der Waals surface area contributed by atoms with Crippen molar-refractivity contribution in [2.75, 3.05) is 12.3 Å². The number of hydrogen-bond acceptors (Lipinski definition) is 5. The minimum atomic E-state index is -2.95. The highest BCUT2D eigenvalue weighted by molar-refractivity contribution is 5.81. The second kappa shape index (κ2) is 7.58. The van der Waals surface area contributed by atoms with Gasteiger partial charge in [-0.2, -0.15) is 18.6 Å². The van der Waals surface area contributed by atoms with Crippen LogP contribution in [0.25, 0.3) is 0 Å². The van der Waals surface area contributed by atoms with Crippen molar-refractivity contribution in [3.05, 3.63) is 51.8 Å². The predicted molar refractivity (Wildman–Crippen MR) is 87.1 cm³/mol. The van der Waals surface area contributed by atoms with E-state index in [0.29, 0.717) is 5.56 Å². The largest absolute Gasteiger partial charge is 0.490 e. The van der Waals surface area contributed by atoms with Gasteiger partial charge in [-0.1, -0.05) is 0 Å². The number of rotatable bonds is 6. The quantitative estimate of drug-likeness (QED) is 0.822. The van der Waals surface area contributed by atoms with Gasteiger partial charge in [-0.05, 0) is 49.2 Å². The molecule has 0 saturated carbocycles.